The van der Waals surface area contributed by atoms with Crippen LogP contribution in [0.5, 0.6) is 0 Å². The van der Waals surface area contributed by atoms with E-state index in [-0.39, 0.29) is 0 Å². The number of hydrogen-bond donors (Lipinski definition) is 2. The predicted octanol–water partition coefficient (Wildman–Crippen LogP) is 3.55. The van der Waals surface area contributed by atoms with Crippen molar-refractivity contribution in [2.45, 2.75) is 31.8 Å². The number of hydrogen-bond acceptors (Lipinski definition) is 4. The average Bonchev–Trinajstić information content (AvgIpc) is 3.26. The molecule has 0 aliphatic carbocycles. The van der Waals surface area contributed by atoms with E-state index in [1.807, 2.05) is 24.4 Å². The number of rotatable bonds is 7. The molecule has 146 valence electrons. The fraction of sp³-hybridized carbons (Fsp3) is 0.286. The number of guanidine groups is 1. The predicted molar refractivity (Wildman–Crippen MR) is 116 cm³/mol. The molecule has 0 radical (unpaired) electrons. The van der Waals surface area contributed by atoms with Crippen LogP contribution >= 0.6 is 11.8 Å². The highest BCUT2D eigenvalue weighted by Gasteiger charge is 2.05. The molecular formula is C21H26N6S. The first-order valence-electron chi connectivity index (χ1n) is 9.30. The van der Waals surface area contributed by atoms with Gasteiger partial charge in [0.15, 0.2) is 11.8 Å². The molecule has 2 heterocycles. The van der Waals surface area contributed by atoms with Crippen LogP contribution < -0.4 is 10.6 Å². The summed E-state index contributed by atoms with van der Waals surface area (Å²) in [6.07, 6.45) is 7.52. The summed E-state index contributed by atoms with van der Waals surface area (Å²) in [7, 11) is 0. The molecule has 0 atom stereocenters. The molecule has 0 bridgehead atoms. The van der Waals surface area contributed by atoms with Gasteiger partial charge >= 0.3 is 0 Å². The lowest BCUT2D eigenvalue weighted by atomic mass is 10.1. The lowest BCUT2D eigenvalue weighted by Crippen LogP contribution is -2.36. The van der Waals surface area contributed by atoms with Gasteiger partial charge in [0.05, 0.1) is 6.54 Å². The van der Waals surface area contributed by atoms with Gasteiger partial charge in [-0.3, -0.25) is 0 Å². The minimum atomic E-state index is 0.565. The van der Waals surface area contributed by atoms with Crippen molar-refractivity contribution in [2.75, 3.05) is 12.8 Å². The number of thioether (sulfide) groups is 1. The van der Waals surface area contributed by atoms with Gasteiger partial charge in [0, 0.05) is 36.6 Å². The largest absolute Gasteiger partial charge is 0.357 e. The van der Waals surface area contributed by atoms with Crippen LogP contribution in [-0.2, 0) is 13.1 Å². The summed E-state index contributed by atoms with van der Waals surface area (Å²) >= 11 is 1.77. The minimum Gasteiger partial charge on any atom is -0.357 e. The van der Waals surface area contributed by atoms with Crippen molar-refractivity contribution < 1.29 is 0 Å². The fourth-order valence-electron chi connectivity index (χ4n) is 2.78. The summed E-state index contributed by atoms with van der Waals surface area (Å²) in [5.41, 5.74) is 3.63. The fourth-order valence-corrected chi connectivity index (χ4v) is 3.48. The Labute approximate surface area is 170 Å². The Balaban J connectivity index is 1.69. The normalized spacial score (nSPS) is 11.5. The molecule has 0 saturated carbocycles. The summed E-state index contributed by atoms with van der Waals surface area (Å²) in [5, 5.41) is 11.0. The second-order valence-corrected chi connectivity index (χ2v) is 7.19. The Morgan fingerprint density at radius 2 is 2.07 bits per heavy atom. The summed E-state index contributed by atoms with van der Waals surface area (Å²) < 4.78 is 1.75. The van der Waals surface area contributed by atoms with Crippen molar-refractivity contribution in [1.29, 1.82) is 0 Å². The van der Waals surface area contributed by atoms with E-state index in [1.54, 1.807) is 28.8 Å². The monoisotopic (exact) mass is 394 g/mol. The number of aryl methyl sites for hydroxylation is 1. The molecule has 0 spiro atoms. The lowest BCUT2D eigenvalue weighted by molar-refractivity contribution is 0.805. The molecule has 0 amide bonds. The zero-order valence-corrected chi connectivity index (χ0v) is 17.3. The zero-order chi connectivity index (χ0) is 19.8. The van der Waals surface area contributed by atoms with Crippen molar-refractivity contribution in [3.05, 3.63) is 71.7 Å². The number of aromatic nitrogens is 3. The zero-order valence-electron chi connectivity index (χ0n) is 16.5. The quantitative estimate of drug-likeness (QED) is 0.364. The Hall–Kier alpha value is -2.80. The van der Waals surface area contributed by atoms with E-state index in [2.05, 4.69) is 59.0 Å². The molecule has 28 heavy (non-hydrogen) atoms. The maximum atomic E-state index is 4.72. The van der Waals surface area contributed by atoms with Gasteiger partial charge in [0.2, 0.25) is 0 Å². The van der Waals surface area contributed by atoms with Gasteiger partial charge in [-0.1, -0.05) is 12.1 Å². The number of pyridine rings is 1. The molecule has 0 fully saturated rings. The van der Waals surface area contributed by atoms with Crippen LogP contribution in [-0.4, -0.2) is 33.5 Å². The van der Waals surface area contributed by atoms with E-state index in [4.69, 9.17) is 4.99 Å². The van der Waals surface area contributed by atoms with Crippen molar-refractivity contribution in [3.63, 3.8) is 0 Å². The van der Waals surface area contributed by atoms with Gasteiger partial charge in [-0.15, -0.1) is 11.8 Å². The van der Waals surface area contributed by atoms with Gasteiger partial charge in [-0.25, -0.2) is 14.7 Å². The van der Waals surface area contributed by atoms with Crippen molar-refractivity contribution in [1.82, 2.24) is 25.4 Å². The van der Waals surface area contributed by atoms with E-state index < -0.39 is 0 Å². The summed E-state index contributed by atoms with van der Waals surface area (Å²) in [6, 6.07) is 12.4. The number of nitrogens with one attached hydrogen (secondary N) is 2. The van der Waals surface area contributed by atoms with Gasteiger partial charge in [-0.05, 0) is 61.1 Å². The summed E-state index contributed by atoms with van der Waals surface area (Å²) in [4.78, 5) is 10.4. The molecule has 1 aromatic carbocycles. The van der Waals surface area contributed by atoms with Crippen molar-refractivity contribution in [2.24, 2.45) is 4.99 Å². The van der Waals surface area contributed by atoms with Crippen LogP contribution in [0.1, 0.15) is 23.6 Å². The van der Waals surface area contributed by atoms with Gasteiger partial charge in [0.1, 0.15) is 0 Å². The van der Waals surface area contributed by atoms with Crippen LogP contribution in [0.15, 0.2) is 64.9 Å². The molecule has 0 aliphatic heterocycles. The van der Waals surface area contributed by atoms with Gasteiger partial charge < -0.3 is 10.6 Å². The maximum Gasteiger partial charge on any atom is 0.191 e. The van der Waals surface area contributed by atoms with Gasteiger partial charge in [0.25, 0.3) is 0 Å². The molecule has 3 rings (SSSR count). The van der Waals surface area contributed by atoms with Gasteiger partial charge in [-0.2, -0.15) is 5.10 Å². The third-order valence-corrected chi connectivity index (χ3v) is 5.02. The van der Waals surface area contributed by atoms with Crippen LogP contribution in [0, 0.1) is 6.92 Å². The highest BCUT2D eigenvalue weighted by atomic mass is 32.2. The van der Waals surface area contributed by atoms with Crippen molar-refractivity contribution in [3.8, 4) is 5.82 Å². The van der Waals surface area contributed by atoms with Crippen LogP contribution in [0.25, 0.3) is 5.82 Å². The molecule has 2 aromatic heterocycles. The number of aliphatic imine (C=N–C) groups is 1. The summed E-state index contributed by atoms with van der Waals surface area (Å²) in [5.74, 6) is 1.59. The second kappa shape index (κ2) is 9.94. The molecule has 0 saturated heterocycles. The van der Waals surface area contributed by atoms with E-state index in [9.17, 15) is 0 Å². The van der Waals surface area contributed by atoms with Crippen LogP contribution in [0.2, 0.25) is 0 Å². The second-order valence-electron chi connectivity index (χ2n) is 6.34. The van der Waals surface area contributed by atoms with Crippen molar-refractivity contribution >= 4 is 17.7 Å². The molecule has 2 N–H and O–H groups in total. The molecule has 6 nitrogen and oxygen atoms in total. The molecule has 0 unspecified atom stereocenters. The highest BCUT2D eigenvalue weighted by molar-refractivity contribution is 7.98. The molecule has 7 heteroatoms. The summed E-state index contributed by atoms with van der Waals surface area (Å²) in [6.45, 7) is 6.30. The Kier molecular flexibility index (Phi) is 7.08. The molecule has 0 aliphatic rings. The minimum absolute atomic E-state index is 0.565. The maximum absolute atomic E-state index is 4.72. The van der Waals surface area contributed by atoms with Crippen LogP contribution in [0.3, 0.4) is 0 Å². The Morgan fingerprint density at radius 1 is 1.18 bits per heavy atom. The molecular weight excluding hydrogens is 368 g/mol. The van der Waals surface area contributed by atoms with E-state index in [1.165, 1.54) is 16.0 Å². The highest BCUT2D eigenvalue weighted by Crippen LogP contribution is 2.21. The number of benzene rings is 1. The first kappa shape index (κ1) is 19.9. The third-order valence-electron chi connectivity index (χ3n) is 4.20. The standard InChI is InChI=1S/C21H26N6S/c1-4-22-21(25-15-18-7-6-16(2)12-19(18)28-3)24-14-17-8-10-23-20(13-17)27-11-5-9-26-27/h5-13H,4,14-15H2,1-3H3,(H2,22,24,25). The third kappa shape index (κ3) is 5.36. The van der Waals surface area contributed by atoms with E-state index >= 15 is 0 Å². The van der Waals surface area contributed by atoms with Crippen LogP contribution in [0.4, 0.5) is 0 Å². The first-order valence-corrected chi connectivity index (χ1v) is 10.5. The smallest absolute Gasteiger partial charge is 0.191 e. The first-order chi connectivity index (χ1) is 13.7. The topological polar surface area (TPSA) is 67.1 Å². The average molecular weight is 395 g/mol. The Bertz CT molecular complexity index is 920. The van der Waals surface area contributed by atoms with E-state index in [0.717, 1.165) is 30.4 Å². The Morgan fingerprint density at radius 3 is 2.82 bits per heavy atom. The number of nitrogens with zero attached hydrogens (tertiary/aromatic N) is 4. The lowest BCUT2D eigenvalue weighted by Gasteiger charge is -2.14. The molecule has 3 aromatic rings. The van der Waals surface area contributed by atoms with E-state index in [0.29, 0.717) is 6.54 Å². The SMILES string of the molecule is CCNC(=NCc1ccnc(-n2cccn2)c1)NCc1ccc(C)cc1SC.